The third-order valence-electron chi connectivity index (χ3n) is 5.15. The molecule has 6 nitrogen and oxygen atoms in total. The molecule has 2 aromatic carbocycles. The Kier molecular flexibility index (Phi) is 7.98. The fraction of sp³-hybridized carbons (Fsp3) is 0.320. The van der Waals surface area contributed by atoms with Gasteiger partial charge in [-0.05, 0) is 60.9 Å². The van der Waals surface area contributed by atoms with Crippen LogP contribution < -0.4 is 10.2 Å². The number of carbonyl (C=O) groups excluding carboxylic acids is 3. The Labute approximate surface area is 182 Å². The molecule has 0 atom stereocenters. The monoisotopic (exact) mass is 420 g/mol. The average molecular weight is 421 g/mol. The summed E-state index contributed by atoms with van der Waals surface area (Å²) in [7, 11) is 0. The van der Waals surface area contributed by atoms with Crippen molar-refractivity contribution in [1.82, 2.24) is 0 Å². The summed E-state index contributed by atoms with van der Waals surface area (Å²) in [4.78, 5) is 37.6. The van der Waals surface area contributed by atoms with E-state index in [-0.39, 0.29) is 18.3 Å². The number of hydrogen-bond acceptors (Lipinski definition) is 5. The number of Topliss-reactive ketones (excluding diaryl/α,β-unsaturated/α-hetero) is 1. The van der Waals surface area contributed by atoms with Crippen molar-refractivity contribution in [3.05, 3.63) is 65.7 Å². The van der Waals surface area contributed by atoms with Gasteiger partial charge >= 0.3 is 5.97 Å². The summed E-state index contributed by atoms with van der Waals surface area (Å²) in [6, 6.07) is 14.5. The first-order valence-electron chi connectivity index (χ1n) is 10.6. The van der Waals surface area contributed by atoms with Crippen molar-refractivity contribution in [2.75, 3.05) is 29.9 Å². The second-order valence-corrected chi connectivity index (χ2v) is 7.62. The van der Waals surface area contributed by atoms with Gasteiger partial charge in [0.25, 0.3) is 0 Å². The van der Waals surface area contributed by atoms with Crippen LogP contribution in [0.2, 0.25) is 0 Å². The molecule has 0 aliphatic carbocycles. The van der Waals surface area contributed by atoms with E-state index in [0.29, 0.717) is 11.3 Å². The molecular formula is C25H28N2O4. The maximum absolute atomic E-state index is 12.2. The minimum atomic E-state index is -0.570. The number of anilines is 2. The molecule has 6 heteroatoms. The van der Waals surface area contributed by atoms with E-state index in [0.717, 1.165) is 18.7 Å². The zero-order valence-electron chi connectivity index (χ0n) is 17.8. The smallest absolute Gasteiger partial charge is 0.331 e. The van der Waals surface area contributed by atoms with Crippen LogP contribution >= 0.6 is 0 Å². The van der Waals surface area contributed by atoms with Crippen molar-refractivity contribution >= 4 is 35.1 Å². The lowest BCUT2D eigenvalue weighted by Gasteiger charge is -2.22. The predicted molar refractivity (Wildman–Crippen MR) is 122 cm³/mol. The van der Waals surface area contributed by atoms with Crippen molar-refractivity contribution < 1.29 is 19.1 Å². The first-order valence-corrected chi connectivity index (χ1v) is 10.6. The van der Waals surface area contributed by atoms with Crippen molar-refractivity contribution in [2.24, 2.45) is 0 Å². The van der Waals surface area contributed by atoms with E-state index in [4.69, 9.17) is 4.74 Å². The number of benzene rings is 2. The molecule has 3 rings (SSSR count). The maximum Gasteiger partial charge on any atom is 0.331 e. The molecule has 1 heterocycles. The number of esters is 1. The van der Waals surface area contributed by atoms with E-state index >= 15 is 0 Å². The molecule has 1 aliphatic rings. The van der Waals surface area contributed by atoms with Gasteiger partial charge in [0.05, 0.1) is 0 Å². The molecule has 0 bridgehead atoms. The Balaban J connectivity index is 1.47. The van der Waals surface area contributed by atoms with Crippen LogP contribution in [0.1, 0.15) is 48.5 Å². The Bertz CT molecular complexity index is 925. The van der Waals surface area contributed by atoms with Crippen LogP contribution in [0.15, 0.2) is 54.6 Å². The number of ether oxygens (including phenoxy) is 1. The number of amides is 1. The van der Waals surface area contributed by atoms with E-state index in [9.17, 15) is 14.4 Å². The number of rotatable bonds is 7. The first-order chi connectivity index (χ1) is 15.0. The summed E-state index contributed by atoms with van der Waals surface area (Å²) in [6.45, 7) is 3.25. The number of carbonyl (C=O) groups is 3. The molecule has 1 N–H and O–H groups in total. The summed E-state index contributed by atoms with van der Waals surface area (Å²) in [5, 5.41) is 2.63. The second kappa shape index (κ2) is 11.1. The number of nitrogens with zero attached hydrogens (tertiary/aromatic N) is 1. The molecule has 31 heavy (non-hydrogen) atoms. The van der Waals surface area contributed by atoms with Crippen molar-refractivity contribution in [1.29, 1.82) is 0 Å². The first kappa shape index (κ1) is 22.3. The van der Waals surface area contributed by atoms with Gasteiger partial charge in [0.2, 0.25) is 5.91 Å². The Hall–Kier alpha value is -3.41. The molecule has 1 amide bonds. The lowest BCUT2D eigenvalue weighted by molar-refractivity contribution is -0.136. The van der Waals surface area contributed by atoms with Gasteiger partial charge in [-0.2, -0.15) is 0 Å². The minimum Gasteiger partial charge on any atom is -0.454 e. The third kappa shape index (κ3) is 7.10. The van der Waals surface area contributed by atoms with Crippen molar-refractivity contribution in [3.8, 4) is 0 Å². The van der Waals surface area contributed by atoms with E-state index < -0.39 is 5.97 Å². The van der Waals surface area contributed by atoms with Gasteiger partial charge in [-0.25, -0.2) is 4.79 Å². The van der Waals surface area contributed by atoms with E-state index in [1.165, 1.54) is 44.4 Å². The van der Waals surface area contributed by atoms with Crippen molar-refractivity contribution in [3.63, 3.8) is 0 Å². The van der Waals surface area contributed by atoms with Crippen LogP contribution in [-0.4, -0.2) is 37.4 Å². The van der Waals surface area contributed by atoms with Crippen LogP contribution in [0.3, 0.4) is 0 Å². The molecule has 0 saturated carbocycles. The summed E-state index contributed by atoms with van der Waals surface area (Å²) < 4.78 is 5.05. The molecule has 0 unspecified atom stereocenters. The number of hydrogen-bond donors (Lipinski definition) is 1. The van der Waals surface area contributed by atoms with Gasteiger partial charge in [-0.3, -0.25) is 9.59 Å². The normalized spacial score (nSPS) is 14.2. The predicted octanol–water partition coefficient (Wildman–Crippen LogP) is 4.46. The topological polar surface area (TPSA) is 75.7 Å². The molecule has 162 valence electrons. The lowest BCUT2D eigenvalue weighted by Crippen LogP contribution is -2.23. The minimum absolute atomic E-state index is 0.184. The summed E-state index contributed by atoms with van der Waals surface area (Å²) in [5.74, 6) is -1.06. The van der Waals surface area contributed by atoms with Gasteiger partial charge < -0.3 is 15.0 Å². The van der Waals surface area contributed by atoms with E-state index in [1.54, 1.807) is 30.3 Å². The molecule has 2 aromatic rings. The van der Waals surface area contributed by atoms with Crippen LogP contribution in [0.25, 0.3) is 6.08 Å². The molecule has 1 aliphatic heterocycles. The van der Waals surface area contributed by atoms with Gasteiger partial charge in [0.1, 0.15) is 0 Å². The van der Waals surface area contributed by atoms with E-state index in [2.05, 4.69) is 22.3 Å². The molecule has 1 saturated heterocycles. The highest BCUT2D eigenvalue weighted by Crippen LogP contribution is 2.20. The van der Waals surface area contributed by atoms with Gasteiger partial charge in [0, 0.05) is 43.0 Å². The van der Waals surface area contributed by atoms with Gasteiger partial charge in [0.15, 0.2) is 12.4 Å². The molecule has 0 spiro atoms. The van der Waals surface area contributed by atoms with E-state index in [1.807, 2.05) is 12.1 Å². The molecule has 1 fully saturated rings. The standard InChI is InChI=1S/C25H28N2O4/c1-19(28)26-22-11-9-21(10-12-22)24(29)18-31-25(30)15-8-20-6-13-23(14-7-20)27-16-4-2-3-5-17-27/h6-15H,2-5,16-18H2,1H3,(H,26,28)/b15-8+. The third-order valence-corrected chi connectivity index (χ3v) is 5.15. The summed E-state index contributed by atoms with van der Waals surface area (Å²) in [6.07, 6.45) is 8.06. The summed E-state index contributed by atoms with van der Waals surface area (Å²) in [5.41, 5.74) is 3.12. The summed E-state index contributed by atoms with van der Waals surface area (Å²) >= 11 is 0. The Morgan fingerprint density at radius 1 is 0.935 bits per heavy atom. The van der Waals surface area contributed by atoms with Crippen LogP contribution in [0, 0.1) is 0 Å². The largest absolute Gasteiger partial charge is 0.454 e. The van der Waals surface area contributed by atoms with Crippen LogP contribution in [0.5, 0.6) is 0 Å². The molecule has 0 radical (unpaired) electrons. The number of ketones is 1. The highest BCUT2D eigenvalue weighted by Gasteiger charge is 2.10. The average Bonchev–Trinajstić information content (AvgIpc) is 3.06. The Morgan fingerprint density at radius 2 is 1.58 bits per heavy atom. The SMILES string of the molecule is CC(=O)Nc1ccc(C(=O)COC(=O)/C=C/c2ccc(N3CCCCCC3)cc2)cc1. The fourth-order valence-corrected chi connectivity index (χ4v) is 3.50. The van der Waals surface area contributed by atoms with Gasteiger partial charge in [-0.15, -0.1) is 0 Å². The second-order valence-electron chi connectivity index (χ2n) is 7.62. The highest BCUT2D eigenvalue weighted by molar-refractivity contribution is 5.99. The van der Waals surface area contributed by atoms with Crippen molar-refractivity contribution in [2.45, 2.75) is 32.6 Å². The van der Waals surface area contributed by atoms with Crippen LogP contribution in [-0.2, 0) is 14.3 Å². The highest BCUT2D eigenvalue weighted by atomic mass is 16.5. The molecule has 0 aromatic heterocycles. The molecular weight excluding hydrogens is 392 g/mol. The lowest BCUT2D eigenvalue weighted by atomic mass is 10.1. The fourth-order valence-electron chi connectivity index (χ4n) is 3.50. The quantitative estimate of drug-likeness (QED) is 0.406. The number of nitrogens with one attached hydrogen (secondary N) is 1. The zero-order valence-corrected chi connectivity index (χ0v) is 17.8. The maximum atomic E-state index is 12.2. The van der Waals surface area contributed by atoms with Gasteiger partial charge in [-0.1, -0.05) is 25.0 Å². The zero-order chi connectivity index (χ0) is 22.1. The van der Waals surface area contributed by atoms with Crippen LogP contribution in [0.4, 0.5) is 11.4 Å². The Morgan fingerprint density at radius 3 is 2.19 bits per heavy atom.